The zero-order valence-electron chi connectivity index (χ0n) is 17.2. The first-order valence-electron chi connectivity index (χ1n) is 9.53. The summed E-state index contributed by atoms with van der Waals surface area (Å²) >= 11 is 1.27. The number of hydrogen-bond acceptors (Lipinski definition) is 6. The van der Waals surface area contributed by atoms with Gasteiger partial charge in [-0.1, -0.05) is 52.3 Å². The summed E-state index contributed by atoms with van der Waals surface area (Å²) in [6, 6.07) is 0.240. The number of rotatable bonds is 5. The maximum atomic E-state index is 12.5. The summed E-state index contributed by atoms with van der Waals surface area (Å²) in [6.07, 6.45) is 4.59. The van der Waals surface area contributed by atoms with E-state index in [2.05, 4.69) is 22.2 Å². The van der Waals surface area contributed by atoms with E-state index in [1.807, 2.05) is 20.8 Å². The predicted octanol–water partition coefficient (Wildman–Crippen LogP) is 3.66. The van der Waals surface area contributed by atoms with Gasteiger partial charge in [-0.2, -0.15) is 0 Å². The van der Waals surface area contributed by atoms with Crippen molar-refractivity contribution in [2.75, 3.05) is 12.9 Å². The molecule has 2 rings (SSSR count). The number of aryl methyl sites for hydroxylation is 1. The van der Waals surface area contributed by atoms with Crippen LogP contribution in [0.5, 0.6) is 0 Å². The van der Waals surface area contributed by atoms with Crippen molar-refractivity contribution in [3.63, 3.8) is 0 Å². The molecule has 6 nitrogen and oxygen atoms in total. The molecule has 0 bridgehead atoms. The Morgan fingerprint density at radius 3 is 2.48 bits per heavy atom. The number of carbonyl (C=O) groups excluding carboxylic acids is 2. The molecule has 0 radical (unpaired) electrons. The highest BCUT2D eigenvalue weighted by Gasteiger charge is 2.26. The molecule has 1 N–H and O–H groups in total. The van der Waals surface area contributed by atoms with E-state index in [9.17, 15) is 9.59 Å². The summed E-state index contributed by atoms with van der Waals surface area (Å²) in [6.45, 7) is 10.0. The van der Waals surface area contributed by atoms with Gasteiger partial charge in [0.1, 0.15) is 16.4 Å². The van der Waals surface area contributed by atoms with Crippen molar-refractivity contribution in [2.45, 2.75) is 76.8 Å². The Balaban J connectivity index is 2.16. The van der Waals surface area contributed by atoms with Crippen LogP contribution in [-0.2, 0) is 14.9 Å². The molecular weight excluding hydrogens is 362 g/mol. The molecule has 7 heteroatoms. The maximum Gasteiger partial charge on any atom is 0.342 e. The van der Waals surface area contributed by atoms with Crippen molar-refractivity contribution >= 4 is 23.6 Å². The molecule has 0 saturated heterocycles. The molecule has 0 spiro atoms. The van der Waals surface area contributed by atoms with Gasteiger partial charge >= 0.3 is 5.97 Å². The summed E-state index contributed by atoms with van der Waals surface area (Å²) in [4.78, 5) is 33.7. The Morgan fingerprint density at radius 1 is 1.22 bits per heavy atom. The highest BCUT2D eigenvalue weighted by molar-refractivity contribution is 8.00. The number of carbonyl (C=O) groups is 2. The normalized spacial score (nSPS) is 20.2. The molecule has 1 aliphatic carbocycles. The summed E-state index contributed by atoms with van der Waals surface area (Å²) < 4.78 is 4.89. The van der Waals surface area contributed by atoms with Gasteiger partial charge in [0.15, 0.2) is 0 Å². The van der Waals surface area contributed by atoms with Crippen LogP contribution in [0.2, 0.25) is 0 Å². The van der Waals surface area contributed by atoms with E-state index in [0.29, 0.717) is 28.0 Å². The SMILES string of the molecule is COC(=O)c1c(C)nc(C(C)(C)C)nc1SCC(=O)N[C@@H]1CCCC[C@H]1C. The third-order valence-electron chi connectivity index (χ3n) is 4.91. The van der Waals surface area contributed by atoms with Crippen LogP contribution >= 0.6 is 11.8 Å². The number of esters is 1. The number of aromatic nitrogens is 2. The molecule has 1 fully saturated rings. The highest BCUT2D eigenvalue weighted by atomic mass is 32.2. The van der Waals surface area contributed by atoms with Gasteiger partial charge in [-0.15, -0.1) is 0 Å². The molecule has 1 aromatic heterocycles. The molecule has 0 unspecified atom stereocenters. The Kier molecular flexibility index (Phi) is 7.25. The fraction of sp³-hybridized carbons (Fsp3) is 0.700. The molecule has 1 amide bonds. The summed E-state index contributed by atoms with van der Waals surface area (Å²) in [5.74, 6) is 0.872. The Morgan fingerprint density at radius 2 is 1.89 bits per heavy atom. The van der Waals surface area contributed by atoms with Crippen LogP contribution in [0.25, 0.3) is 0 Å². The minimum Gasteiger partial charge on any atom is -0.465 e. The van der Waals surface area contributed by atoms with Crippen LogP contribution in [0.1, 0.15) is 75.3 Å². The molecule has 2 atom stereocenters. The van der Waals surface area contributed by atoms with Gasteiger partial charge in [0.05, 0.1) is 18.6 Å². The fourth-order valence-corrected chi connectivity index (χ4v) is 4.11. The third kappa shape index (κ3) is 5.67. The van der Waals surface area contributed by atoms with Gasteiger partial charge in [-0.25, -0.2) is 14.8 Å². The van der Waals surface area contributed by atoms with Crippen molar-refractivity contribution in [1.29, 1.82) is 0 Å². The van der Waals surface area contributed by atoms with Crippen LogP contribution in [0.4, 0.5) is 0 Å². The number of amides is 1. The standard InChI is InChI=1S/C20H31N3O3S/c1-12-9-7-8-10-14(12)22-15(24)11-27-17-16(18(25)26-6)13(2)21-19(23-17)20(3,4)5/h12,14H,7-11H2,1-6H3,(H,22,24)/t12-,14-/m1/s1. The molecule has 150 valence electrons. The van der Waals surface area contributed by atoms with E-state index >= 15 is 0 Å². The number of nitrogens with zero attached hydrogens (tertiary/aromatic N) is 2. The first-order valence-corrected chi connectivity index (χ1v) is 10.5. The van der Waals surface area contributed by atoms with Crippen molar-refractivity contribution < 1.29 is 14.3 Å². The van der Waals surface area contributed by atoms with Crippen molar-refractivity contribution in [2.24, 2.45) is 5.92 Å². The second kappa shape index (κ2) is 9.04. The molecule has 1 heterocycles. The lowest BCUT2D eigenvalue weighted by Gasteiger charge is -2.29. The zero-order chi connectivity index (χ0) is 20.2. The van der Waals surface area contributed by atoms with Gasteiger partial charge < -0.3 is 10.1 Å². The Labute approximate surface area is 166 Å². The van der Waals surface area contributed by atoms with Crippen LogP contribution in [-0.4, -0.2) is 40.7 Å². The summed E-state index contributed by atoms with van der Waals surface area (Å²) in [7, 11) is 1.34. The second-order valence-electron chi connectivity index (χ2n) is 8.28. The van der Waals surface area contributed by atoms with Crippen LogP contribution < -0.4 is 5.32 Å². The quantitative estimate of drug-likeness (QED) is 0.467. The van der Waals surface area contributed by atoms with Gasteiger partial charge in [0.2, 0.25) is 5.91 Å². The Bertz CT molecular complexity index is 700. The average Bonchev–Trinajstić information content (AvgIpc) is 2.60. The number of hydrogen-bond donors (Lipinski definition) is 1. The number of thioether (sulfide) groups is 1. The van der Waals surface area contributed by atoms with Gasteiger partial charge in [0.25, 0.3) is 0 Å². The minimum absolute atomic E-state index is 0.0249. The zero-order valence-corrected chi connectivity index (χ0v) is 18.0. The van der Waals surface area contributed by atoms with E-state index in [1.54, 1.807) is 6.92 Å². The minimum atomic E-state index is -0.475. The average molecular weight is 394 g/mol. The van der Waals surface area contributed by atoms with Crippen LogP contribution in [0, 0.1) is 12.8 Å². The molecule has 1 aromatic rings. The molecule has 1 saturated carbocycles. The van der Waals surface area contributed by atoms with Crippen molar-refractivity contribution in [3.8, 4) is 0 Å². The molecule has 0 aliphatic heterocycles. The van der Waals surface area contributed by atoms with E-state index < -0.39 is 5.97 Å². The lowest BCUT2D eigenvalue weighted by Crippen LogP contribution is -2.41. The number of nitrogens with one attached hydrogen (secondary N) is 1. The summed E-state index contributed by atoms with van der Waals surface area (Å²) in [5, 5.41) is 3.65. The van der Waals surface area contributed by atoms with E-state index in [-0.39, 0.29) is 23.1 Å². The van der Waals surface area contributed by atoms with Gasteiger partial charge in [-0.3, -0.25) is 4.79 Å². The van der Waals surface area contributed by atoms with Gasteiger partial charge in [0, 0.05) is 11.5 Å². The first-order chi connectivity index (χ1) is 12.6. The molecule has 0 aromatic carbocycles. The fourth-order valence-electron chi connectivity index (χ4n) is 3.24. The first kappa shape index (κ1) is 21.7. The smallest absolute Gasteiger partial charge is 0.342 e. The third-order valence-corrected chi connectivity index (χ3v) is 5.89. The number of methoxy groups -OCH3 is 1. The molecular formula is C20H31N3O3S. The lowest BCUT2D eigenvalue weighted by molar-refractivity contribution is -0.119. The van der Waals surface area contributed by atoms with E-state index in [0.717, 1.165) is 19.3 Å². The molecule has 1 aliphatic rings. The van der Waals surface area contributed by atoms with Crippen molar-refractivity contribution in [1.82, 2.24) is 15.3 Å². The van der Waals surface area contributed by atoms with E-state index in [1.165, 1.54) is 25.3 Å². The van der Waals surface area contributed by atoms with Gasteiger partial charge in [-0.05, 0) is 25.7 Å². The second-order valence-corrected chi connectivity index (χ2v) is 9.24. The highest BCUT2D eigenvalue weighted by Crippen LogP contribution is 2.28. The maximum absolute atomic E-state index is 12.5. The largest absolute Gasteiger partial charge is 0.465 e. The summed E-state index contributed by atoms with van der Waals surface area (Å²) in [5.41, 5.74) is 0.661. The topological polar surface area (TPSA) is 81.2 Å². The van der Waals surface area contributed by atoms with Crippen molar-refractivity contribution in [3.05, 3.63) is 17.1 Å². The number of ether oxygens (including phenoxy) is 1. The predicted molar refractivity (Wildman–Crippen MR) is 107 cm³/mol. The monoisotopic (exact) mass is 393 g/mol. The van der Waals surface area contributed by atoms with Crippen LogP contribution in [0.15, 0.2) is 5.03 Å². The van der Waals surface area contributed by atoms with E-state index in [4.69, 9.17) is 4.74 Å². The molecule has 27 heavy (non-hydrogen) atoms. The lowest BCUT2D eigenvalue weighted by atomic mass is 9.86. The Hall–Kier alpha value is -1.63. The van der Waals surface area contributed by atoms with Crippen LogP contribution in [0.3, 0.4) is 0 Å².